The number of ether oxygens (including phenoxy) is 3. The lowest BCUT2D eigenvalue weighted by Gasteiger charge is -2.46. The number of hydrogen-bond acceptors (Lipinski definition) is 6. The minimum Gasteiger partial charge on any atom is -0.486 e. The van der Waals surface area contributed by atoms with E-state index >= 15 is 0 Å². The van der Waals surface area contributed by atoms with Crippen molar-refractivity contribution in [3.05, 3.63) is 24.3 Å². The Labute approximate surface area is 153 Å². The zero-order valence-electron chi connectivity index (χ0n) is 15.1. The lowest BCUT2D eigenvalue weighted by atomic mass is 9.89. The molecular formula is C19H26N2O5. The third-order valence-corrected chi connectivity index (χ3v) is 5.63. The van der Waals surface area contributed by atoms with Crippen molar-refractivity contribution in [2.24, 2.45) is 0 Å². The Kier molecular flexibility index (Phi) is 4.77. The summed E-state index contributed by atoms with van der Waals surface area (Å²) in [5.74, 6) is 1.45. The molecule has 0 aliphatic carbocycles. The number of carbonyl (C=O) groups is 1. The Hall–Kier alpha value is -1.83. The van der Waals surface area contributed by atoms with Crippen molar-refractivity contribution in [3.63, 3.8) is 0 Å². The first kappa shape index (κ1) is 17.6. The third kappa shape index (κ3) is 3.51. The molecule has 1 spiro atoms. The van der Waals surface area contributed by atoms with Gasteiger partial charge in [0.05, 0.1) is 5.60 Å². The number of nitrogens with zero attached hydrogens (tertiary/aromatic N) is 2. The molecule has 2 atom stereocenters. The van der Waals surface area contributed by atoms with Gasteiger partial charge in [0.1, 0.15) is 19.3 Å². The molecule has 3 aliphatic heterocycles. The number of fused-ring (bicyclic) bond motifs is 1. The van der Waals surface area contributed by atoms with Crippen molar-refractivity contribution in [3.8, 4) is 11.5 Å². The van der Waals surface area contributed by atoms with Crippen molar-refractivity contribution in [1.82, 2.24) is 9.80 Å². The van der Waals surface area contributed by atoms with Gasteiger partial charge in [-0.05, 0) is 25.0 Å². The Morgan fingerprint density at radius 2 is 2.00 bits per heavy atom. The minimum atomic E-state index is -0.617. The summed E-state index contributed by atoms with van der Waals surface area (Å²) in [6.07, 6.45) is 0.745. The predicted molar refractivity (Wildman–Crippen MR) is 94.4 cm³/mol. The van der Waals surface area contributed by atoms with Gasteiger partial charge in [-0.1, -0.05) is 12.1 Å². The van der Waals surface area contributed by atoms with Crippen LogP contribution in [0.3, 0.4) is 0 Å². The number of para-hydroxylation sites is 2. The Bertz CT molecular complexity index is 659. The number of hydrogen-bond donors (Lipinski definition) is 1. The molecule has 3 heterocycles. The molecule has 4 rings (SSSR count). The number of carbonyl (C=O) groups excluding carboxylic acids is 1. The van der Waals surface area contributed by atoms with Gasteiger partial charge in [0.25, 0.3) is 0 Å². The summed E-state index contributed by atoms with van der Waals surface area (Å²) in [6.45, 7) is 3.39. The SMILES string of the molecule is CN1CC2(CCN(CC(O)C3COc4ccccc4O3)CC2)OCC1=O. The quantitative estimate of drug-likeness (QED) is 0.845. The smallest absolute Gasteiger partial charge is 0.248 e. The van der Waals surface area contributed by atoms with Gasteiger partial charge in [-0.15, -0.1) is 0 Å². The van der Waals surface area contributed by atoms with Gasteiger partial charge >= 0.3 is 0 Å². The molecule has 0 saturated carbocycles. The second-order valence-electron chi connectivity index (χ2n) is 7.50. The van der Waals surface area contributed by atoms with E-state index in [1.54, 1.807) is 4.90 Å². The average molecular weight is 362 g/mol. The zero-order valence-corrected chi connectivity index (χ0v) is 15.1. The topological polar surface area (TPSA) is 71.5 Å². The number of benzene rings is 1. The first-order valence-electron chi connectivity index (χ1n) is 9.21. The molecule has 0 radical (unpaired) electrons. The lowest BCUT2D eigenvalue weighted by Crippen LogP contribution is -2.58. The number of morpholine rings is 1. The van der Waals surface area contributed by atoms with Crippen LogP contribution >= 0.6 is 0 Å². The molecule has 2 unspecified atom stereocenters. The number of piperidine rings is 1. The van der Waals surface area contributed by atoms with E-state index in [1.165, 1.54) is 0 Å². The molecule has 7 nitrogen and oxygen atoms in total. The van der Waals surface area contributed by atoms with Crippen molar-refractivity contribution in [1.29, 1.82) is 0 Å². The van der Waals surface area contributed by atoms with Gasteiger partial charge in [0, 0.05) is 33.2 Å². The number of aliphatic hydroxyl groups excluding tert-OH is 1. The monoisotopic (exact) mass is 362 g/mol. The van der Waals surface area contributed by atoms with Crippen molar-refractivity contribution in [2.75, 3.05) is 46.4 Å². The second kappa shape index (κ2) is 7.06. The molecule has 0 aromatic heterocycles. The van der Waals surface area contributed by atoms with Crippen LogP contribution in [0.2, 0.25) is 0 Å². The van der Waals surface area contributed by atoms with Crippen LogP contribution in [0.25, 0.3) is 0 Å². The molecule has 1 aromatic rings. The van der Waals surface area contributed by atoms with E-state index in [0.29, 0.717) is 25.4 Å². The van der Waals surface area contributed by atoms with Crippen LogP contribution in [-0.4, -0.2) is 85.1 Å². The van der Waals surface area contributed by atoms with E-state index < -0.39 is 6.10 Å². The highest BCUT2D eigenvalue weighted by atomic mass is 16.6. The van der Waals surface area contributed by atoms with Gasteiger partial charge in [-0.2, -0.15) is 0 Å². The van der Waals surface area contributed by atoms with E-state index in [4.69, 9.17) is 14.2 Å². The van der Waals surface area contributed by atoms with Crippen molar-refractivity contribution < 1.29 is 24.1 Å². The molecule has 2 saturated heterocycles. The van der Waals surface area contributed by atoms with E-state index in [1.807, 2.05) is 31.3 Å². The summed E-state index contributed by atoms with van der Waals surface area (Å²) in [6, 6.07) is 7.53. The maximum atomic E-state index is 11.6. The number of likely N-dealkylation sites (tertiary alicyclic amines) is 1. The summed E-state index contributed by atoms with van der Waals surface area (Å²) in [5.41, 5.74) is -0.229. The molecule has 1 amide bonds. The fourth-order valence-electron chi connectivity index (χ4n) is 3.94. The maximum absolute atomic E-state index is 11.6. The first-order chi connectivity index (χ1) is 12.5. The molecule has 3 aliphatic rings. The van der Waals surface area contributed by atoms with Crippen molar-refractivity contribution >= 4 is 5.91 Å². The van der Waals surface area contributed by atoms with Gasteiger partial charge in [-0.3, -0.25) is 4.79 Å². The minimum absolute atomic E-state index is 0.0446. The summed E-state index contributed by atoms with van der Waals surface area (Å²) < 4.78 is 17.5. The summed E-state index contributed by atoms with van der Waals surface area (Å²) in [7, 11) is 1.83. The van der Waals surface area contributed by atoms with Crippen LogP contribution in [0.1, 0.15) is 12.8 Å². The van der Waals surface area contributed by atoms with Gasteiger partial charge in [-0.25, -0.2) is 0 Å². The lowest BCUT2D eigenvalue weighted by molar-refractivity contribution is -0.169. The standard InChI is InChI=1S/C19H26N2O5/c1-20-13-19(25-12-18(20)23)6-8-21(9-7-19)10-14(22)17-11-24-15-4-2-3-5-16(15)26-17/h2-5,14,17,22H,6-13H2,1H3. The Balaban J connectivity index is 1.29. The molecule has 1 N–H and O–H groups in total. The van der Waals surface area contributed by atoms with E-state index in [0.717, 1.165) is 31.7 Å². The van der Waals surface area contributed by atoms with Crippen LogP contribution in [0.4, 0.5) is 0 Å². The van der Waals surface area contributed by atoms with Gasteiger partial charge < -0.3 is 29.1 Å². The van der Waals surface area contributed by atoms with Crippen LogP contribution in [0, 0.1) is 0 Å². The number of rotatable bonds is 3. The fourth-order valence-corrected chi connectivity index (χ4v) is 3.94. The molecule has 1 aromatic carbocycles. The van der Waals surface area contributed by atoms with Crippen molar-refractivity contribution in [2.45, 2.75) is 30.7 Å². The maximum Gasteiger partial charge on any atom is 0.248 e. The number of aliphatic hydroxyl groups is 1. The predicted octanol–water partition coefficient (Wildman–Crippen LogP) is 0.510. The van der Waals surface area contributed by atoms with E-state index in [9.17, 15) is 9.90 Å². The molecular weight excluding hydrogens is 336 g/mol. The number of amides is 1. The fraction of sp³-hybridized carbons (Fsp3) is 0.632. The summed E-state index contributed by atoms with van der Waals surface area (Å²) >= 11 is 0. The molecule has 0 bridgehead atoms. The highest BCUT2D eigenvalue weighted by Gasteiger charge is 2.41. The van der Waals surface area contributed by atoms with Crippen LogP contribution < -0.4 is 9.47 Å². The third-order valence-electron chi connectivity index (χ3n) is 5.63. The average Bonchev–Trinajstić information content (AvgIpc) is 2.66. The van der Waals surface area contributed by atoms with Gasteiger partial charge in [0.15, 0.2) is 17.6 Å². The molecule has 142 valence electrons. The largest absolute Gasteiger partial charge is 0.486 e. The van der Waals surface area contributed by atoms with Crippen LogP contribution in [0.5, 0.6) is 11.5 Å². The summed E-state index contributed by atoms with van der Waals surface area (Å²) in [5, 5.41) is 10.6. The molecule has 2 fully saturated rings. The normalized spacial score (nSPS) is 26.8. The van der Waals surface area contributed by atoms with E-state index in [-0.39, 0.29) is 24.2 Å². The van der Waals surface area contributed by atoms with Gasteiger partial charge in [0.2, 0.25) is 5.91 Å². The highest BCUT2D eigenvalue weighted by molar-refractivity contribution is 5.78. The highest BCUT2D eigenvalue weighted by Crippen LogP contribution is 2.33. The zero-order chi connectivity index (χ0) is 18.1. The number of β-amino-alcohol motifs (C(OH)–C–C–N with tert-alkyl or cyclic N) is 1. The van der Waals surface area contributed by atoms with Crippen LogP contribution in [0.15, 0.2) is 24.3 Å². The molecule has 7 heteroatoms. The van der Waals surface area contributed by atoms with E-state index in [2.05, 4.69) is 4.90 Å². The van der Waals surface area contributed by atoms with Crippen LogP contribution in [-0.2, 0) is 9.53 Å². The Morgan fingerprint density at radius 1 is 1.27 bits per heavy atom. The number of likely N-dealkylation sites (N-methyl/N-ethyl adjacent to an activating group) is 1. The second-order valence-corrected chi connectivity index (χ2v) is 7.50. The first-order valence-corrected chi connectivity index (χ1v) is 9.21. The summed E-state index contributed by atoms with van der Waals surface area (Å²) in [4.78, 5) is 15.6. The Morgan fingerprint density at radius 3 is 2.73 bits per heavy atom. The molecule has 26 heavy (non-hydrogen) atoms.